The smallest absolute Gasteiger partial charge is 0.243 e. The molecule has 0 bridgehead atoms. The summed E-state index contributed by atoms with van der Waals surface area (Å²) < 4.78 is 0. The van der Waals surface area contributed by atoms with Crippen LogP contribution in [0.2, 0.25) is 0 Å². The maximum atomic E-state index is 12.9. The van der Waals surface area contributed by atoms with Crippen LogP contribution in [0.15, 0.2) is 24.3 Å². The SMILES string of the molecule is CC(CCC(=O)NC(Cc1ccc(C#CC2CCCCC2)cc1)C(=O)NC(C)(C)C)C(N)=O. The van der Waals surface area contributed by atoms with Crippen LogP contribution >= 0.6 is 0 Å². The van der Waals surface area contributed by atoms with Crippen molar-refractivity contribution in [3.05, 3.63) is 35.4 Å². The van der Waals surface area contributed by atoms with E-state index in [0.717, 1.165) is 11.1 Å². The van der Waals surface area contributed by atoms with Crippen molar-refractivity contribution in [2.24, 2.45) is 17.6 Å². The first-order chi connectivity index (χ1) is 15.5. The summed E-state index contributed by atoms with van der Waals surface area (Å²) in [5, 5.41) is 5.78. The topological polar surface area (TPSA) is 101 Å². The molecule has 0 aromatic heterocycles. The molecule has 1 fully saturated rings. The van der Waals surface area contributed by atoms with Crippen molar-refractivity contribution in [3.8, 4) is 11.8 Å². The highest BCUT2D eigenvalue weighted by molar-refractivity contribution is 5.88. The van der Waals surface area contributed by atoms with Gasteiger partial charge in [0.25, 0.3) is 0 Å². The Bertz CT molecular complexity index is 869. The molecular weight excluding hydrogens is 414 g/mol. The number of primary amides is 1. The molecule has 1 aliphatic rings. The first-order valence-electron chi connectivity index (χ1n) is 12.0. The van der Waals surface area contributed by atoms with E-state index in [2.05, 4.69) is 22.5 Å². The highest BCUT2D eigenvalue weighted by atomic mass is 16.2. The number of benzene rings is 1. The molecule has 0 radical (unpaired) electrons. The maximum Gasteiger partial charge on any atom is 0.243 e. The Hall–Kier alpha value is -2.81. The molecule has 2 atom stereocenters. The predicted octanol–water partition coefficient (Wildman–Crippen LogP) is 3.46. The zero-order valence-electron chi connectivity index (χ0n) is 20.5. The van der Waals surface area contributed by atoms with Crippen LogP contribution in [0.25, 0.3) is 0 Å². The van der Waals surface area contributed by atoms with Gasteiger partial charge in [-0.2, -0.15) is 0 Å². The van der Waals surface area contributed by atoms with Gasteiger partial charge < -0.3 is 16.4 Å². The fourth-order valence-electron chi connectivity index (χ4n) is 3.81. The lowest BCUT2D eigenvalue weighted by molar-refractivity contribution is -0.130. The maximum absolute atomic E-state index is 12.9. The van der Waals surface area contributed by atoms with Gasteiger partial charge in [0.1, 0.15) is 6.04 Å². The summed E-state index contributed by atoms with van der Waals surface area (Å²) in [6, 6.07) is 7.16. The summed E-state index contributed by atoms with van der Waals surface area (Å²) >= 11 is 0. The Morgan fingerprint density at radius 1 is 1.09 bits per heavy atom. The lowest BCUT2D eigenvalue weighted by atomic mass is 9.89. The Morgan fingerprint density at radius 3 is 2.30 bits per heavy atom. The number of nitrogens with two attached hydrogens (primary N) is 1. The third kappa shape index (κ3) is 10.1. The van der Waals surface area contributed by atoms with Gasteiger partial charge in [-0.25, -0.2) is 0 Å². The molecule has 0 heterocycles. The molecule has 1 saturated carbocycles. The zero-order valence-corrected chi connectivity index (χ0v) is 20.5. The predicted molar refractivity (Wildman–Crippen MR) is 131 cm³/mol. The summed E-state index contributed by atoms with van der Waals surface area (Å²) in [6.45, 7) is 7.40. The van der Waals surface area contributed by atoms with Crippen molar-refractivity contribution in [2.75, 3.05) is 0 Å². The van der Waals surface area contributed by atoms with Gasteiger partial charge in [-0.05, 0) is 57.7 Å². The van der Waals surface area contributed by atoms with Crippen molar-refractivity contribution in [1.29, 1.82) is 0 Å². The van der Waals surface area contributed by atoms with E-state index in [1.54, 1.807) is 6.92 Å². The molecule has 33 heavy (non-hydrogen) atoms. The number of hydrogen-bond donors (Lipinski definition) is 3. The molecule has 0 aliphatic heterocycles. The van der Waals surface area contributed by atoms with Crippen LogP contribution in [0.4, 0.5) is 0 Å². The quantitative estimate of drug-likeness (QED) is 0.525. The van der Waals surface area contributed by atoms with Gasteiger partial charge in [0, 0.05) is 35.8 Å². The largest absolute Gasteiger partial charge is 0.369 e. The van der Waals surface area contributed by atoms with Gasteiger partial charge in [-0.3, -0.25) is 14.4 Å². The molecule has 4 N–H and O–H groups in total. The molecule has 2 unspecified atom stereocenters. The molecule has 0 saturated heterocycles. The lowest BCUT2D eigenvalue weighted by Crippen LogP contribution is -2.53. The highest BCUT2D eigenvalue weighted by Gasteiger charge is 2.25. The standard InChI is InChI=1S/C27H39N3O3/c1-19(25(28)32)10-17-24(31)29-23(26(33)30-27(2,3)4)18-22-15-13-21(14-16-22)12-11-20-8-6-5-7-9-20/h13-16,19-20,23H,5-10,17-18H2,1-4H3,(H2,28,32)(H,29,31)(H,30,33). The van der Waals surface area contributed by atoms with Gasteiger partial charge >= 0.3 is 0 Å². The molecular formula is C27H39N3O3. The van der Waals surface area contributed by atoms with E-state index in [1.807, 2.05) is 45.0 Å². The van der Waals surface area contributed by atoms with Crippen LogP contribution in [0, 0.1) is 23.7 Å². The molecule has 1 aromatic carbocycles. The van der Waals surface area contributed by atoms with Gasteiger partial charge in [0.2, 0.25) is 17.7 Å². The Balaban J connectivity index is 2.03. The van der Waals surface area contributed by atoms with E-state index in [0.29, 0.717) is 18.8 Å². The molecule has 180 valence electrons. The first kappa shape index (κ1) is 26.4. The molecule has 6 heteroatoms. The number of carbonyl (C=O) groups excluding carboxylic acids is 3. The van der Waals surface area contributed by atoms with Crippen molar-refractivity contribution in [1.82, 2.24) is 10.6 Å². The number of nitrogens with one attached hydrogen (secondary N) is 2. The Kier molecular flexibility index (Phi) is 9.96. The molecule has 3 amide bonds. The summed E-state index contributed by atoms with van der Waals surface area (Å²) in [6.07, 6.45) is 7.09. The van der Waals surface area contributed by atoms with Gasteiger partial charge in [0.15, 0.2) is 0 Å². The number of amides is 3. The van der Waals surface area contributed by atoms with E-state index in [4.69, 9.17) is 5.73 Å². The van der Waals surface area contributed by atoms with Crippen LogP contribution in [-0.4, -0.2) is 29.3 Å². The second kappa shape index (κ2) is 12.4. The number of rotatable bonds is 8. The normalized spacial score (nSPS) is 16.1. The molecule has 0 spiro atoms. The van der Waals surface area contributed by atoms with E-state index < -0.39 is 17.5 Å². The van der Waals surface area contributed by atoms with Crippen molar-refractivity contribution in [2.45, 2.75) is 90.6 Å². The summed E-state index contributed by atoms with van der Waals surface area (Å²) in [7, 11) is 0. The van der Waals surface area contributed by atoms with E-state index >= 15 is 0 Å². The molecule has 2 rings (SSSR count). The Labute approximate surface area is 198 Å². The molecule has 1 aromatic rings. The van der Waals surface area contributed by atoms with Crippen LogP contribution < -0.4 is 16.4 Å². The highest BCUT2D eigenvalue weighted by Crippen LogP contribution is 2.22. The Morgan fingerprint density at radius 2 is 1.73 bits per heavy atom. The molecule has 1 aliphatic carbocycles. The minimum atomic E-state index is -0.709. The average molecular weight is 454 g/mol. The van der Waals surface area contributed by atoms with Crippen LogP contribution in [-0.2, 0) is 20.8 Å². The average Bonchev–Trinajstić information content (AvgIpc) is 2.76. The summed E-state index contributed by atoms with van der Waals surface area (Å²) in [5.74, 6) is 5.84. The molecule has 6 nitrogen and oxygen atoms in total. The van der Waals surface area contributed by atoms with Gasteiger partial charge in [-0.15, -0.1) is 0 Å². The van der Waals surface area contributed by atoms with E-state index in [9.17, 15) is 14.4 Å². The lowest BCUT2D eigenvalue weighted by Gasteiger charge is -2.26. The van der Waals surface area contributed by atoms with Crippen molar-refractivity contribution < 1.29 is 14.4 Å². The fourth-order valence-corrected chi connectivity index (χ4v) is 3.81. The fraction of sp³-hybridized carbons (Fsp3) is 0.593. The monoisotopic (exact) mass is 453 g/mol. The van der Waals surface area contributed by atoms with Crippen LogP contribution in [0.3, 0.4) is 0 Å². The second-order valence-corrected chi connectivity index (χ2v) is 10.2. The summed E-state index contributed by atoms with van der Waals surface area (Å²) in [4.78, 5) is 36.6. The van der Waals surface area contributed by atoms with Gasteiger partial charge in [0.05, 0.1) is 0 Å². The third-order valence-electron chi connectivity index (χ3n) is 5.86. The second-order valence-electron chi connectivity index (χ2n) is 10.2. The number of carbonyl (C=O) groups is 3. The number of hydrogen-bond acceptors (Lipinski definition) is 3. The minimum Gasteiger partial charge on any atom is -0.369 e. The zero-order chi connectivity index (χ0) is 24.4. The van der Waals surface area contributed by atoms with Crippen molar-refractivity contribution >= 4 is 17.7 Å². The van der Waals surface area contributed by atoms with Crippen LogP contribution in [0.5, 0.6) is 0 Å². The van der Waals surface area contributed by atoms with E-state index in [-0.39, 0.29) is 24.2 Å². The third-order valence-corrected chi connectivity index (χ3v) is 5.86. The van der Waals surface area contributed by atoms with Gasteiger partial charge in [-0.1, -0.05) is 50.2 Å². The van der Waals surface area contributed by atoms with E-state index in [1.165, 1.54) is 32.1 Å². The van der Waals surface area contributed by atoms with Crippen molar-refractivity contribution in [3.63, 3.8) is 0 Å². The van der Waals surface area contributed by atoms with Crippen LogP contribution in [0.1, 0.15) is 83.8 Å². The summed E-state index contributed by atoms with van der Waals surface area (Å²) in [5.41, 5.74) is 6.76. The minimum absolute atomic E-state index is 0.138. The first-order valence-corrected chi connectivity index (χ1v) is 12.0.